The molecule has 1 saturated heterocycles. The van der Waals surface area contributed by atoms with Gasteiger partial charge in [0.15, 0.2) is 0 Å². The van der Waals surface area contributed by atoms with E-state index in [0.717, 1.165) is 43.9 Å². The zero-order valence-corrected chi connectivity index (χ0v) is 15.7. The number of benzene rings is 1. The van der Waals surface area contributed by atoms with Crippen molar-refractivity contribution in [3.63, 3.8) is 0 Å². The molecule has 2 aromatic rings. The Balaban J connectivity index is 1.55. The number of thiazole rings is 1. The van der Waals surface area contributed by atoms with Gasteiger partial charge in [0.2, 0.25) is 0 Å². The number of likely N-dealkylation sites (N-methyl/N-ethyl adjacent to an activating group) is 1. The molecule has 0 spiro atoms. The van der Waals surface area contributed by atoms with Gasteiger partial charge in [-0.05, 0) is 31.5 Å². The van der Waals surface area contributed by atoms with E-state index in [1.807, 2.05) is 24.1 Å². The number of hydrogen-bond acceptors (Lipinski definition) is 5. The van der Waals surface area contributed by atoms with Gasteiger partial charge in [-0.3, -0.25) is 14.6 Å². The Kier molecular flexibility index (Phi) is 6.34. The van der Waals surface area contributed by atoms with E-state index in [-0.39, 0.29) is 12.4 Å². The number of carboxylic acids is 1. The fourth-order valence-corrected chi connectivity index (χ4v) is 4.46. The monoisotopic (exact) mass is 377 g/mol. The Morgan fingerprint density at radius 2 is 2.12 bits per heavy atom. The second-order valence-corrected chi connectivity index (χ2v) is 7.69. The largest absolute Gasteiger partial charge is 0.480 e. The lowest BCUT2D eigenvalue weighted by Gasteiger charge is -2.37. The summed E-state index contributed by atoms with van der Waals surface area (Å²) < 4.78 is 13.9. The molecule has 0 amide bonds. The highest BCUT2D eigenvalue weighted by Crippen LogP contribution is 2.28. The number of carboxylic acid groups (broad SMARTS) is 1. The number of piperidine rings is 1. The third-order valence-corrected chi connectivity index (χ3v) is 5.87. The zero-order chi connectivity index (χ0) is 18.5. The first-order chi connectivity index (χ1) is 12.6. The lowest BCUT2D eigenvalue weighted by molar-refractivity contribution is -0.139. The highest BCUT2D eigenvalue weighted by molar-refractivity contribution is 7.15. The van der Waals surface area contributed by atoms with Crippen LogP contribution in [0.25, 0.3) is 10.6 Å². The third-order valence-electron chi connectivity index (χ3n) is 4.86. The van der Waals surface area contributed by atoms with Crippen LogP contribution in [-0.4, -0.2) is 58.1 Å². The summed E-state index contributed by atoms with van der Waals surface area (Å²) in [4.78, 5) is 20.9. The Morgan fingerprint density at radius 1 is 1.38 bits per heavy atom. The van der Waals surface area contributed by atoms with E-state index in [1.54, 1.807) is 12.1 Å². The summed E-state index contributed by atoms with van der Waals surface area (Å²) in [6.45, 7) is 5.57. The molecule has 1 fully saturated rings. The van der Waals surface area contributed by atoms with E-state index < -0.39 is 5.97 Å². The van der Waals surface area contributed by atoms with E-state index in [9.17, 15) is 9.18 Å². The molecule has 1 aromatic heterocycles. The maximum absolute atomic E-state index is 13.9. The van der Waals surface area contributed by atoms with Gasteiger partial charge in [-0.2, -0.15) is 0 Å². The van der Waals surface area contributed by atoms with Crippen LogP contribution in [0.15, 0.2) is 30.5 Å². The van der Waals surface area contributed by atoms with E-state index >= 15 is 0 Å². The standard InChI is InChI=1S/C19H24FN3O2S/c1-2-23(13-18(24)25)14-7-9-22(10-8-14)12-15-11-21-19(26-15)16-5-3-4-6-17(16)20/h3-6,11,14H,2,7-10,12-13H2,1H3,(H,24,25). The number of likely N-dealkylation sites (tertiary alicyclic amines) is 1. The first-order valence-corrected chi connectivity index (χ1v) is 9.76. The van der Waals surface area contributed by atoms with Crippen LogP contribution in [0.3, 0.4) is 0 Å². The van der Waals surface area contributed by atoms with Crippen molar-refractivity contribution in [1.29, 1.82) is 0 Å². The van der Waals surface area contributed by atoms with Gasteiger partial charge in [0, 0.05) is 42.3 Å². The van der Waals surface area contributed by atoms with Crippen molar-refractivity contribution in [3.8, 4) is 10.6 Å². The zero-order valence-electron chi connectivity index (χ0n) is 14.9. The molecule has 140 valence electrons. The average molecular weight is 377 g/mol. The number of carbonyl (C=O) groups is 1. The van der Waals surface area contributed by atoms with E-state index in [0.29, 0.717) is 16.6 Å². The van der Waals surface area contributed by atoms with Crippen LogP contribution in [0.4, 0.5) is 4.39 Å². The van der Waals surface area contributed by atoms with E-state index in [4.69, 9.17) is 5.11 Å². The molecule has 0 radical (unpaired) electrons. The molecular weight excluding hydrogens is 353 g/mol. The minimum atomic E-state index is -0.764. The minimum Gasteiger partial charge on any atom is -0.480 e. The topological polar surface area (TPSA) is 56.7 Å². The van der Waals surface area contributed by atoms with Crippen LogP contribution in [0.5, 0.6) is 0 Å². The summed E-state index contributed by atoms with van der Waals surface area (Å²) in [6, 6.07) is 7.05. The van der Waals surface area contributed by atoms with Gasteiger partial charge >= 0.3 is 5.97 Å². The molecule has 0 atom stereocenters. The normalized spacial score (nSPS) is 16.3. The Morgan fingerprint density at radius 3 is 2.77 bits per heavy atom. The molecule has 1 aliphatic rings. The highest BCUT2D eigenvalue weighted by Gasteiger charge is 2.25. The predicted octanol–water partition coefficient (Wildman–Crippen LogP) is 3.32. The fourth-order valence-electron chi connectivity index (χ4n) is 3.48. The molecule has 3 rings (SSSR count). The van der Waals surface area contributed by atoms with Crippen molar-refractivity contribution < 1.29 is 14.3 Å². The first kappa shape index (κ1) is 18.9. The lowest BCUT2D eigenvalue weighted by Crippen LogP contribution is -2.46. The number of nitrogens with zero attached hydrogens (tertiary/aromatic N) is 3. The maximum Gasteiger partial charge on any atom is 0.317 e. The first-order valence-electron chi connectivity index (χ1n) is 8.94. The highest BCUT2D eigenvalue weighted by atomic mass is 32.1. The van der Waals surface area contributed by atoms with Gasteiger partial charge < -0.3 is 5.11 Å². The van der Waals surface area contributed by atoms with E-state index in [1.165, 1.54) is 17.4 Å². The molecule has 0 saturated carbocycles. The third kappa shape index (κ3) is 4.66. The molecule has 0 aliphatic carbocycles. The molecule has 7 heteroatoms. The Bertz CT molecular complexity index is 744. The summed E-state index contributed by atoms with van der Waals surface area (Å²) in [5.74, 6) is -1.01. The Labute approximate surface area is 157 Å². The van der Waals surface area contributed by atoms with Crippen molar-refractivity contribution in [2.45, 2.75) is 32.4 Å². The molecule has 1 N–H and O–H groups in total. The minimum absolute atomic E-state index is 0.113. The molecule has 5 nitrogen and oxygen atoms in total. The second kappa shape index (κ2) is 8.70. The van der Waals surface area contributed by atoms with E-state index in [2.05, 4.69) is 9.88 Å². The summed E-state index contributed by atoms with van der Waals surface area (Å²) in [7, 11) is 0. The summed E-state index contributed by atoms with van der Waals surface area (Å²) in [5.41, 5.74) is 0.551. The predicted molar refractivity (Wildman–Crippen MR) is 101 cm³/mol. The molecule has 0 bridgehead atoms. The van der Waals surface area contributed by atoms with Crippen molar-refractivity contribution >= 4 is 17.3 Å². The van der Waals surface area contributed by atoms with Crippen molar-refractivity contribution in [1.82, 2.24) is 14.8 Å². The molecule has 1 aromatic carbocycles. The second-order valence-electron chi connectivity index (χ2n) is 6.58. The summed E-state index contributed by atoms with van der Waals surface area (Å²) in [5, 5.41) is 9.74. The van der Waals surface area contributed by atoms with Crippen LogP contribution < -0.4 is 0 Å². The van der Waals surface area contributed by atoms with Gasteiger partial charge in [0.1, 0.15) is 10.8 Å². The molecular formula is C19H24FN3O2S. The van der Waals surface area contributed by atoms with Gasteiger partial charge in [-0.1, -0.05) is 19.1 Å². The van der Waals surface area contributed by atoms with Crippen molar-refractivity contribution in [2.24, 2.45) is 0 Å². The fraction of sp³-hybridized carbons (Fsp3) is 0.474. The SMILES string of the molecule is CCN(CC(=O)O)C1CCN(Cc2cnc(-c3ccccc3F)s2)CC1. The Hall–Kier alpha value is -1.83. The van der Waals surface area contributed by atoms with Gasteiger partial charge in [0.25, 0.3) is 0 Å². The van der Waals surface area contributed by atoms with Crippen molar-refractivity contribution in [2.75, 3.05) is 26.2 Å². The lowest BCUT2D eigenvalue weighted by atomic mass is 10.0. The molecule has 0 unspecified atom stereocenters. The number of aliphatic carboxylic acids is 1. The molecule has 1 aliphatic heterocycles. The number of rotatable bonds is 7. The van der Waals surface area contributed by atoms with Crippen molar-refractivity contribution in [3.05, 3.63) is 41.2 Å². The van der Waals surface area contributed by atoms with Gasteiger partial charge in [-0.25, -0.2) is 9.37 Å². The summed E-state index contributed by atoms with van der Waals surface area (Å²) >= 11 is 1.53. The smallest absolute Gasteiger partial charge is 0.317 e. The van der Waals surface area contributed by atoms with Gasteiger partial charge in [0.05, 0.1) is 6.54 Å². The van der Waals surface area contributed by atoms with Crippen LogP contribution in [0.1, 0.15) is 24.6 Å². The molecule has 2 heterocycles. The number of halogens is 1. The number of hydrogen-bond donors (Lipinski definition) is 1. The van der Waals surface area contributed by atoms with Crippen LogP contribution in [0, 0.1) is 5.82 Å². The average Bonchev–Trinajstić information content (AvgIpc) is 3.09. The summed E-state index contributed by atoms with van der Waals surface area (Å²) in [6.07, 6.45) is 3.78. The van der Waals surface area contributed by atoms with Crippen LogP contribution in [-0.2, 0) is 11.3 Å². The number of aromatic nitrogens is 1. The van der Waals surface area contributed by atoms with Gasteiger partial charge in [-0.15, -0.1) is 11.3 Å². The van der Waals surface area contributed by atoms with Crippen LogP contribution >= 0.6 is 11.3 Å². The maximum atomic E-state index is 13.9. The van der Waals surface area contributed by atoms with Crippen LogP contribution in [0.2, 0.25) is 0 Å². The molecule has 26 heavy (non-hydrogen) atoms. The quantitative estimate of drug-likeness (QED) is 0.802.